The van der Waals surface area contributed by atoms with Crippen molar-refractivity contribution in [3.63, 3.8) is 0 Å². The predicted molar refractivity (Wildman–Crippen MR) is 96.1 cm³/mol. The van der Waals surface area contributed by atoms with Gasteiger partial charge < -0.3 is 14.6 Å². The molecule has 1 amide bonds. The van der Waals surface area contributed by atoms with E-state index in [4.69, 9.17) is 9.26 Å². The standard InChI is InChI=1S/C19H25N3O4/c1-12(23)13-7-9-14(10-8-13)25-11-15(24)21-19(5,6)16-20-17(26-22-16)18(2,3)4/h7-10H,11H2,1-6H3,(H,21,24). The van der Waals surface area contributed by atoms with Gasteiger partial charge in [-0.25, -0.2) is 0 Å². The van der Waals surface area contributed by atoms with Crippen LogP contribution in [0.4, 0.5) is 0 Å². The van der Waals surface area contributed by atoms with Gasteiger partial charge in [-0.05, 0) is 45.0 Å². The van der Waals surface area contributed by atoms with E-state index in [2.05, 4.69) is 15.5 Å². The zero-order chi connectivity index (χ0) is 19.5. The minimum absolute atomic E-state index is 0.0224. The van der Waals surface area contributed by atoms with Gasteiger partial charge in [-0.1, -0.05) is 25.9 Å². The van der Waals surface area contributed by atoms with Crippen molar-refractivity contribution in [1.29, 1.82) is 0 Å². The summed E-state index contributed by atoms with van der Waals surface area (Å²) in [7, 11) is 0. The van der Waals surface area contributed by atoms with Gasteiger partial charge in [-0.3, -0.25) is 9.59 Å². The lowest BCUT2D eigenvalue weighted by molar-refractivity contribution is -0.124. The second kappa shape index (κ2) is 7.27. The lowest BCUT2D eigenvalue weighted by Gasteiger charge is -2.22. The van der Waals surface area contributed by atoms with Crippen molar-refractivity contribution in [3.8, 4) is 5.75 Å². The van der Waals surface area contributed by atoms with Crippen LogP contribution in [0, 0.1) is 0 Å². The number of hydrogen-bond acceptors (Lipinski definition) is 6. The van der Waals surface area contributed by atoms with E-state index in [-0.39, 0.29) is 23.7 Å². The molecule has 0 unspecified atom stereocenters. The molecule has 0 saturated carbocycles. The van der Waals surface area contributed by atoms with E-state index in [1.165, 1.54) is 6.92 Å². The van der Waals surface area contributed by atoms with Crippen LogP contribution in [-0.2, 0) is 15.7 Å². The molecule has 0 bridgehead atoms. The number of hydrogen-bond donors (Lipinski definition) is 1. The maximum atomic E-state index is 12.2. The van der Waals surface area contributed by atoms with E-state index in [9.17, 15) is 9.59 Å². The van der Waals surface area contributed by atoms with Crippen LogP contribution in [0.25, 0.3) is 0 Å². The van der Waals surface area contributed by atoms with Gasteiger partial charge in [0.05, 0.1) is 5.54 Å². The number of carbonyl (C=O) groups excluding carboxylic acids is 2. The fraction of sp³-hybridized carbons (Fsp3) is 0.474. The number of ketones is 1. The molecule has 0 atom stereocenters. The maximum Gasteiger partial charge on any atom is 0.258 e. The third-order valence-corrected chi connectivity index (χ3v) is 3.71. The fourth-order valence-corrected chi connectivity index (χ4v) is 2.16. The lowest BCUT2D eigenvalue weighted by Crippen LogP contribution is -2.44. The third-order valence-electron chi connectivity index (χ3n) is 3.71. The summed E-state index contributed by atoms with van der Waals surface area (Å²) >= 11 is 0. The van der Waals surface area contributed by atoms with Gasteiger partial charge in [0.15, 0.2) is 18.2 Å². The van der Waals surface area contributed by atoms with Gasteiger partial charge in [0.2, 0.25) is 5.89 Å². The highest BCUT2D eigenvalue weighted by atomic mass is 16.5. The highest BCUT2D eigenvalue weighted by molar-refractivity contribution is 5.94. The molecule has 0 radical (unpaired) electrons. The van der Waals surface area contributed by atoms with Gasteiger partial charge in [0.1, 0.15) is 5.75 Å². The normalized spacial score (nSPS) is 11.9. The van der Waals surface area contributed by atoms with Crippen LogP contribution in [0.2, 0.25) is 0 Å². The summed E-state index contributed by atoms with van der Waals surface area (Å²) < 4.78 is 10.7. The Morgan fingerprint density at radius 2 is 1.73 bits per heavy atom. The number of aromatic nitrogens is 2. The maximum absolute atomic E-state index is 12.2. The Bertz CT molecular complexity index is 786. The third kappa shape index (κ3) is 4.91. The van der Waals surface area contributed by atoms with Crippen molar-refractivity contribution < 1.29 is 18.8 Å². The Balaban J connectivity index is 1.95. The molecule has 1 aromatic heterocycles. The summed E-state index contributed by atoms with van der Waals surface area (Å²) in [5.41, 5.74) is -0.471. The minimum Gasteiger partial charge on any atom is -0.484 e. The van der Waals surface area contributed by atoms with E-state index < -0.39 is 5.54 Å². The van der Waals surface area contributed by atoms with E-state index in [1.54, 1.807) is 38.1 Å². The number of carbonyl (C=O) groups is 2. The van der Waals surface area contributed by atoms with Gasteiger partial charge >= 0.3 is 0 Å². The number of rotatable bonds is 6. The Morgan fingerprint density at radius 3 is 2.23 bits per heavy atom. The summed E-state index contributed by atoms with van der Waals surface area (Å²) in [5.74, 6) is 1.09. The zero-order valence-corrected chi connectivity index (χ0v) is 16.0. The lowest BCUT2D eigenvalue weighted by atomic mass is 9.97. The number of nitrogens with zero attached hydrogens (tertiary/aromatic N) is 2. The van der Waals surface area contributed by atoms with E-state index in [0.717, 1.165) is 0 Å². The number of benzene rings is 1. The molecule has 7 heteroatoms. The number of amides is 1. The van der Waals surface area contributed by atoms with Crippen LogP contribution in [0.3, 0.4) is 0 Å². The van der Waals surface area contributed by atoms with Crippen LogP contribution >= 0.6 is 0 Å². The molecule has 140 valence electrons. The van der Waals surface area contributed by atoms with Crippen molar-refractivity contribution in [2.24, 2.45) is 0 Å². The van der Waals surface area contributed by atoms with Crippen molar-refractivity contribution in [1.82, 2.24) is 15.5 Å². The zero-order valence-electron chi connectivity index (χ0n) is 16.0. The predicted octanol–water partition coefficient (Wildman–Crippen LogP) is 3.00. The van der Waals surface area contributed by atoms with Crippen molar-refractivity contribution in [2.45, 2.75) is 52.5 Å². The van der Waals surface area contributed by atoms with Gasteiger partial charge in [-0.2, -0.15) is 4.98 Å². The molecule has 0 saturated heterocycles. The molecule has 1 aromatic carbocycles. The van der Waals surface area contributed by atoms with E-state index >= 15 is 0 Å². The largest absolute Gasteiger partial charge is 0.484 e. The SMILES string of the molecule is CC(=O)c1ccc(OCC(=O)NC(C)(C)c2noc(C(C)(C)C)n2)cc1. The monoisotopic (exact) mass is 359 g/mol. The Hall–Kier alpha value is -2.70. The molecule has 0 fully saturated rings. The number of ether oxygens (including phenoxy) is 1. The molecular weight excluding hydrogens is 334 g/mol. The first-order valence-electron chi connectivity index (χ1n) is 8.38. The Labute approximate surface area is 153 Å². The molecule has 2 rings (SSSR count). The highest BCUT2D eigenvalue weighted by Gasteiger charge is 2.31. The van der Waals surface area contributed by atoms with Crippen molar-refractivity contribution in [2.75, 3.05) is 6.61 Å². The van der Waals surface area contributed by atoms with Crippen LogP contribution in [0.15, 0.2) is 28.8 Å². The minimum atomic E-state index is -0.800. The molecule has 2 aromatic rings. The highest BCUT2D eigenvalue weighted by Crippen LogP contribution is 2.24. The number of nitrogens with one attached hydrogen (secondary N) is 1. The molecule has 0 aliphatic carbocycles. The van der Waals surface area contributed by atoms with E-state index in [1.807, 2.05) is 20.8 Å². The Kier molecular flexibility index (Phi) is 5.49. The van der Waals surface area contributed by atoms with Crippen LogP contribution in [0.1, 0.15) is 63.6 Å². The van der Waals surface area contributed by atoms with Crippen molar-refractivity contribution in [3.05, 3.63) is 41.5 Å². The average Bonchev–Trinajstić information content (AvgIpc) is 3.04. The first-order valence-corrected chi connectivity index (χ1v) is 8.38. The summed E-state index contributed by atoms with van der Waals surface area (Å²) in [6.07, 6.45) is 0. The molecule has 0 aliphatic heterocycles. The first-order chi connectivity index (χ1) is 12.0. The quantitative estimate of drug-likeness (QED) is 0.797. The molecule has 0 aliphatic rings. The van der Waals surface area contributed by atoms with Gasteiger partial charge in [0.25, 0.3) is 5.91 Å². The topological polar surface area (TPSA) is 94.3 Å². The Morgan fingerprint density at radius 1 is 1.12 bits per heavy atom. The van der Waals surface area contributed by atoms with Gasteiger partial charge in [-0.15, -0.1) is 0 Å². The molecule has 1 heterocycles. The van der Waals surface area contributed by atoms with E-state index in [0.29, 0.717) is 23.0 Å². The average molecular weight is 359 g/mol. The molecule has 0 spiro atoms. The molecular formula is C19H25N3O4. The molecule has 7 nitrogen and oxygen atoms in total. The summed E-state index contributed by atoms with van der Waals surface area (Å²) in [5, 5.41) is 6.81. The van der Waals surface area contributed by atoms with Crippen LogP contribution < -0.4 is 10.1 Å². The smallest absolute Gasteiger partial charge is 0.258 e. The summed E-state index contributed by atoms with van der Waals surface area (Å²) in [4.78, 5) is 27.8. The van der Waals surface area contributed by atoms with Crippen LogP contribution in [-0.4, -0.2) is 28.4 Å². The molecule has 1 N–H and O–H groups in total. The van der Waals surface area contributed by atoms with Crippen LogP contribution in [0.5, 0.6) is 5.75 Å². The van der Waals surface area contributed by atoms with Gasteiger partial charge in [0, 0.05) is 11.0 Å². The first kappa shape index (κ1) is 19.6. The fourth-order valence-electron chi connectivity index (χ4n) is 2.16. The second-order valence-corrected chi connectivity index (χ2v) is 7.72. The van der Waals surface area contributed by atoms with Crippen molar-refractivity contribution >= 4 is 11.7 Å². The number of Topliss-reactive ketones (excluding diaryl/α,β-unsaturated/α-hetero) is 1. The second-order valence-electron chi connectivity index (χ2n) is 7.72. The summed E-state index contributed by atoms with van der Waals surface area (Å²) in [6, 6.07) is 6.63. The molecule has 26 heavy (non-hydrogen) atoms. The summed E-state index contributed by atoms with van der Waals surface area (Å²) in [6.45, 7) is 10.8.